The van der Waals surface area contributed by atoms with Crippen LogP contribution in [-0.4, -0.2) is 40.7 Å². The lowest BCUT2D eigenvalue weighted by molar-refractivity contribution is 0.0952. The van der Waals surface area contributed by atoms with Crippen LogP contribution >= 0.6 is 0 Å². The zero-order chi connectivity index (χ0) is 23.9. The molecule has 2 aliphatic heterocycles. The molecule has 9 nitrogen and oxygen atoms in total. The molecule has 9 heteroatoms. The van der Waals surface area contributed by atoms with Crippen LogP contribution < -0.4 is 24.3 Å². The number of carbonyl (C=O) groups is 1. The molecule has 4 aromatic rings. The van der Waals surface area contributed by atoms with Crippen LogP contribution in [0.2, 0.25) is 0 Å². The molecule has 2 aromatic heterocycles. The molecule has 6 rings (SSSR count). The first-order chi connectivity index (χ1) is 17.1. The predicted molar refractivity (Wildman–Crippen MR) is 128 cm³/mol. The Hall–Kier alpha value is -4.27. The Morgan fingerprint density at radius 2 is 1.71 bits per heavy atom. The molecule has 4 heterocycles. The Labute approximate surface area is 201 Å². The Morgan fingerprint density at radius 3 is 2.57 bits per heavy atom. The summed E-state index contributed by atoms with van der Waals surface area (Å²) >= 11 is 0. The highest BCUT2D eigenvalue weighted by Gasteiger charge is 2.20. The van der Waals surface area contributed by atoms with E-state index in [0.717, 1.165) is 11.1 Å². The number of nitrogens with one attached hydrogen (secondary N) is 1. The van der Waals surface area contributed by atoms with Crippen molar-refractivity contribution in [3.8, 4) is 34.3 Å². The van der Waals surface area contributed by atoms with E-state index in [9.17, 15) is 4.79 Å². The van der Waals surface area contributed by atoms with Crippen LogP contribution in [0.4, 0.5) is 0 Å². The molecule has 178 valence electrons. The minimum Gasteiger partial charge on any atom is -0.486 e. The summed E-state index contributed by atoms with van der Waals surface area (Å²) in [7, 11) is 0. The molecule has 0 saturated heterocycles. The average molecular weight is 473 g/mol. The summed E-state index contributed by atoms with van der Waals surface area (Å²) in [6.07, 6.45) is 1.70. The Morgan fingerprint density at radius 1 is 0.971 bits per heavy atom. The zero-order valence-corrected chi connectivity index (χ0v) is 19.4. The average Bonchev–Trinajstić information content (AvgIpc) is 3.53. The quantitative estimate of drug-likeness (QED) is 0.467. The fourth-order valence-electron chi connectivity index (χ4n) is 4.26. The first-order valence-corrected chi connectivity index (χ1v) is 11.5. The summed E-state index contributed by atoms with van der Waals surface area (Å²) in [5.41, 5.74) is 3.56. The van der Waals surface area contributed by atoms with Gasteiger partial charge in [0.15, 0.2) is 28.6 Å². The van der Waals surface area contributed by atoms with Gasteiger partial charge in [-0.05, 0) is 55.8 Å². The number of nitrogens with zero attached hydrogens (tertiary/aromatic N) is 3. The van der Waals surface area contributed by atoms with E-state index in [1.165, 1.54) is 0 Å². The van der Waals surface area contributed by atoms with Crippen LogP contribution in [0, 0.1) is 0 Å². The minimum atomic E-state index is -0.211. The van der Waals surface area contributed by atoms with Crippen LogP contribution in [0.15, 0.2) is 48.7 Å². The van der Waals surface area contributed by atoms with E-state index in [1.807, 2.05) is 54.9 Å². The third-order valence-corrected chi connectivity index (χ3v) is 6.03. The van der Waals surface area contributed by atoms with Gasteiger partial charge in [-0.3, -0.25) is 4.79 Å². The summed E-state index contributed by atoms with van der Waals surface area (Å²) in [5, 5.41) is 8.22. The molecule has 0 unspecified atom stereocenters. The monoisotopic (exact) mass is 472 g/mol. The van der Waals surface area contributed by atoms with Gasteiger partial charge in [0.1, 0.15) is 13.2 Å². The summed E-state index contributed by atoms with van der Waals surface area (Å²) in [6.45, 7) is 5.64. The van der Waals surface area contributed by atoms with Gasteiger partial charge in [0.25, 0.3) is 5.91 Å². The third-order valence-electron chi connectivity index (χ3n) is 6.03. The number of benzene rings is 2. The predicted octanol–water partition coefficient (Wildman–Crippen LogP) is 4.11. The molecule has 1 amide bonds. The molecule has 2 aliphatic rings. The van der Waals surface area contributed by atoms with Gasteiger partial charge >= 0.3 is 0 Å². The number of aromatic nitrogens is 3. The van der Waals surface area contributed by atoms with Crippen LogP contribution in [0.3, 0.4) is 0 Å². The van der Waals surface area contributed by atoms with Crippen LogP contribution in [0.25, 0.3) is 22.3 Å². The zero-order valence-electron chi connectivity index (χ0n) is 19.4. The molecule has 1 N–H and O–H groups in total. The van der Waals surface area contributed by atoms with E-state index in [-0.39, 0.29) is 18.7 Å². The molecule has 0 aliphatic carbocycles. The van der Waals surface area contributed by atoms with Crippen molar-refractivity contribution in [3.63, 3.8) is 0 Å². The lowest BCUT2D eigenvalue weighted by Gasteiger charge is -2.19. The molecular formula is C26H24N4O5. The summed E-state index contributed by atoms with van der Waals surface area (Å²) in [6, 6.07) is 13.2. The molecule has 2 aromatic carbocycles. The van der Waals surface area contributed by atoms with Gasteiger partial charge < -0.3 is 24.3 Å². The van der Waals surface area contributed by atoms with E-state index < -0.39 is 0 Å². The molecule has 0 spiro atoms. The van der Waals surface area contributed by atoms with E-state index in [1.54, 1.807) is 12.3 Å². The number of rotatable bonds is 5. The topological polar surface area (TPSA) is 96.7 Å². The number of pyridine rings is 1. The normalized spacial score (nSPS) is 13.9. The third kappa shape index (κ3) is 3.88. The number of amides is 1. The lowest BCUT2D eigenvalue weighted by atomic mass is 10.1. The fraction of sp³-hybridized carbons (Fsp3) is 0.269. The molecule has 0 radical (unpaired) electrons. The molecule has 35 heavy (non-hydrogen) atoms. The number of carbonyl (C=O) groups excluding carboxylic acids is 1. The molecule has 0 atom stereocenters. The number of ether oxygens (including phenoxy) is 4. The minimum absolute atomic E-state index is 0.0834. The van der Waals surface area contributed by atoms with Gasteiger partial charge in [0, 0.05) is 18.2 Å². The van der Waals surface area contributed by atoms with Crippen molar-refractivity contribution in [2.24, 2.45) is 0 Å². The smallest absolute Gasteiger partial charge is 0.252 e. The lowest BCUT2D eigenvalue weighted by Crippen LogP contribution is -2.23. The Bertz CT molecular complexity index is 1450. The van der Waals surface area contributed by atoms with Gasteiger partial charge in [-0.1, -0.05) is 6.07 Å². The molecule has 0 fully saturated rings. The van der Waals surface area contributed by atoms with Crippen molar-refractivity contribution in [2.75, 3.05) is 20.0 Å². The fourth-order valence-corrected chi connectivity index (χ4v) is 4.26. The van der Waals surface area contributed by atoms with E-state index in [2.05, 4.69) is 10.4 Å². The second-order valence-electron chi connectivity index (χ2n) is 8.70. The number of hydrogen-bond acceptors (Lipinski definition) is 7. The van der Waals surface area contributed by atoms with Gasteiger partial charge in [-0.2, -0.15) is 5.10 Å². The summed E-state index contributed by atoms with van der Waals surface area (Å²) in [4.78, 5) is 18.3. The molecular weight excluding hydrogens is 448 g/mol. The molecule has 0 saturated carbocycles. The Balaban J connectivity index is 1.36. The number of hydrogen-bond donors (Lipinski definition) is 1. The highest BCUT2D eigenvalue weighted by atomic mass is 16.7. The van der Waals surface area contributed by atoms with Gasteiger partial charge in [-0.25, -0.2) is 9.67 Å². The maximum absolute atomic E-state index is 13.4. The summed E-state index contributed by atoms with van der Waals surface area (Å²) in [5.74, 6) is 2.55. The second kappa shape index (κ2) is 8.50. The summed E-state index contributed by atoms with van der Waals surface area (Å²) < 4.78 is 24.0. The van der Waals surface area contributed by atoms with Crippen molar-refractivity contribution in [1.82, 2.24) is 20.1 Å². The molecule has 0 bridgehead atoms. The van der Waals surface area contributed by atoms with Crippen molar-refractivity contribution < 1.29 is 23.7 Å². The van der Waals surface area contributed by atoms with Gasteiger partial charge in [0.05, 0.1) is 22.8 Å². The highest BCUT2D eigenvalue weighted by molar-refractivity contribution is 6.06. The SMILES string of the molecule is CC(C)n1ncc2c(C(=O)NCc3ccc4c(c3)OCO4)cc(-c3ccc4c(c3)OCCO4)nc21. The standard InChI is InChI=1S/C26H24N4O5/c1-15(2)30-25-19(13-28-30)18(26(31)27-12-16-3-5-22-23(9-16)35-14-34-22)11-20(29-25)17-4-6-21-24(10-17)33-8-7-32-21/h3-6,9-11,13,15H,7-8,12,14H2,1-2H3,(H,27,31). The van der Waals surface area contributed by atoms with E-state index in [4.69, 9.17) is 23.9 Å². The Kier molecular flexibility index (Phi) is 5.17. The van der Waals surface area contributed by atoms with E-state index in [0.29, 0.717) is 65.0 Å². The largest absolute Gasteiger partial charge is 0.486 e. The maximum Gasteiger partial charge on any atom is 0.252 e. The second-order valence-corrected chi connectivity index (χ2v) is 8.70. The first-order valence-electron chi connectivity index (χ1n) is 11.5. The van der Waals surface area contributed by atoms with Crippen molar-refractivity contribution in [3.05, 3.63) is 59.8 Å². The van der Waals surface area contributed by atoms with Gasteiger partial charge in [0.2, 0.25) is 6.79 Å². The van der Waals surface area contributed by atoms with Gasteiger partial charge in [-0.15, -0.1) is 0 Å². The number of fused-ring (bicyclic) bond motifs is 3. The van der Waals surface area contributed by atoms with Crippen molar-refractivity contribution in [2.45, 2.75) is 26.4 Å². The van der Waals surface area contributed by atoms with Crippen LogP contribution in [0.5, 0.6) is 23.0 Å². The van der Waals surface area contributed by atoms with E-state index >= 15 is 0 Å². The maximum atomic E-state index is 13.4. The van der Waals surface area contributed by atoms with Crippen molar-refractivity contribution in [1.29, 1.82) is 0 Å². The first kappa shape index (κ1) is 21.3. The van der Waals surface area contributed by atoms with Crippen LogP contribution in [0.1, 0.15) is 35.8 Å². The van der Waals surface area contributed by atoms with Crippen LogP contribution in [-0.2, 0) is 6.54 Å². The van der Waals surface area contributed by atoms with Crippen molar-refractivity contribution >= 4 is 16.9 Å². The highest BCUT2D eigenvalue weighted by Crippen LogP contribution is 2.35.